The summed E-state index contributed by atoms with van der Waals surface area (Å²) in [5.41, 5.74) is -0.220. The normalized spacial score (nSPS) is 8.93. The van der Waals surface area contributed by atoms with E-state index in [4.69, 9.17) is 15.3 Å². The van der Waals surface area contributed by atoms with E-state index < -0.39 is 11.7 Å². The first-order valence-corrected chi connectivity index (χ1v) is 4.78. The van der Waals surface area contributed by atoms with Crippen molar-refractivity contribution in [2.75, 3.05) is 0 Å². The third kappa shape index (κ3) is 4.90. The van der Waals surface area contributed by atoms with Gasteiger partial charge in [0.15, 0.2) is 0 Å². The molecule has 0 bridgehead atoms. The maximum Gasteiger partial charge on any atom is 0.339 e. The average molecular weight is 212 g/mol. The fourth-order valence-electron chi connectivity index (χ4n) is 0.701. The molecule has 0 heterocycles. The average Bonchev–Trinajstić information content (AvgIpc) is 2.17. The SMILES string of the molecule is CCCC.O=C(O)c1ccc(O)cc1O. The summed E-state index contributed by atoms with van der Waals surface area (Å²) in [5.74, 6) is -1.81. The molecule has 0 unspecified atom stereocenters. The summed E-state index contributed by atoms with van der Waals surface area (Å²) in [4.78, 5) is 10.3. The number of carbonyl (C=O) groups is 1. The van der Waals surface area contributed by atoms with Crippen LogP contribution in [-0.2, 0) is 0 Å². The number of phenols is 2. The Bertz CT molecular complexity index is 318. The molecule has 0 radical (unpaired) electrons. The number of hydrogen-bond acceptors (Lipinski definition) is 3. The van der Waals surface area contributed by atoms with Crippen LogP contribution in [0.25, 0.3) is 0 Å². The van der Waals surface area contributed by atoms with Gasteiger partial charge in [-0.05, 0) is 12.1 Å². The van der Waals surface area contributed by atoms with E-state index in [1.165, 1.54) is 18.9 Å². The molecule has 3 N–H and O–H groups in total. The third-order valence-corrected chi connectivity index (χ3v) is 1.71. The van der Waals surface area contributed by atoms with E-state index >= 15 is 0 Å². The van der Waals surface area contributed by atoms with Crippen LogP contribution >= 0.6 is 0 Å². The summed E-state index contributed by atoms with van der Waals surface area (Å²) >= 11 is 0. The van der Waals surface area contributed by atoms with Crippen molar-refractivity contribution in [3.05, 3.63) is 23.8 Å². The zero-order valence-corrected chi connectivity index (χ0v) is 8.90. The van der Waals surface area contributed by atoms with Crippen LogP contribution < -0.4 is 0 Å². The van der Waals surface area contributed by atoms with Crippen LogP contribution in [0.2, 0.25) is 0 Å². The molecule has 0 fully saturated rings. The summed E-state index contributed by atoms with van der Waals surface area (Å²) in [7, 11) is 0. The first-order valence-electron chi connectivity index (χ1n) is 4.78. The molecule has 1 aromatic carbocycles. The molecular weight excluding hydrogens is 196 g/mol. The lowest BCUT2D eigenvalue weighted by atomic mass is 10.2. The minimum atomic E-state index is -1.22. The minimum absolute atomic E-state index is 0.160. The number of aromatic hydroxyl groups is 2. The molecule has 0 aromatic heterocycles. The van der Waals surface area contributed by atoms with Gasteiger partial charge in [0.1, 0.15) is 17.1 Å². The molecule has 0 aliphatic heterocycles. The summed E-state index contributed by atoms with van der Waals surface area (Å²) in [6.07, 6.45) is 2.64. The molecule has 0 aliphatic rings. The van der Waals surface area contributed by atoms with E-state index in [9.17, 15) is 4.79 Å². The second kappa shape index (κ2) is 6.70. The van der Waals surface area contributed by atoms with Gasteiger partial charge in [-0.3, -0.25) is 0 Å². The first-order chi connectivity index (χ1) is 7.02. The molecule has 0 amide bonds. The lowest BCUT2D eigenvalue weighted by Crippen LogP contribution is -1.95. The molecule has 0 atom stereocenters. The van der Waals surface area contributed by atoms with Crippen molar-refractivity contribution in [2.24, 2.45) is 0 Å². The number of rotatable bonds is 2. The minimum Gasteiger partial charge on any atom is -0.508 e. The lowest BCUT2D eigenvalue weighted by molar-refractivity contribution is 0.0693. The summed E-state index contributed by atoms with van der Waals surface area (Å²) in [6.45, 7) is 4.36. The number of phenolic OH excluding ortho intramolecular Hbond substituents is 1. The quantitative estimate of drug-likeness (QED) is 0.704. The van der Waals surface area contributed by atoms with Crippen molar-refractivity contribution in [3.8, 4) is 11.5 Å². The summed E-state index contributed by atoms with van der Waals surface area (Å²) in [6, 6.07) is 3.31. The Labute approximate surface area is 88.8 Å². The second-order valence-corrected chi connectivity index (χ2v) is 3.01. The molecule has 4 nitrogen and oxygen atoms in total. The van der Waals surface area contributed by atoms with Gasteiger partial charge in [-0.25, -0.2) is 4.79 Å². The largest absolute Gasteiger partial charge is 0.508 e. The standard InChI is InChI=1S/C7H6O4.C4H10/c8-4-1-2-5(7(10)11)6(9)3-4;1-3-4-2/h1-3,8-9H,(H,10,11);3-4H2,1-2H3. The molecule has 4 heteroatoms. The molecule has 0 aliphatic carbocycles. The number of unbranched alkanes of at least 4 members (excludes halogenated alkanes) is 1. The van der Waals surface area contributed by atoms with Crippen LogP contribution in [0.15, 0.2) is 18.2 Å². The van der Waals surface area contributed by atoms with Gasteiger partial charge in [0, 0.05) is 6.07 Å². The molecular formula is C11H16O4. The van der Waals surface area contributed by atoms with Gasteiger partial charge in [0.25, 0.3) is 0 Å². The van der Waals surface area contributed by atoms with Gasteiger partial charge in [0.05, 0.1) is 0 Å². The van der Waals surface area contributed by atoms with Crippen LogP contribution in [0.4, 0.5) is 0 Å². The van der Waals surface area contributed by atoms with Gasteiger partial charge >= 0.3 is 5.97 Å². The monoisotopic (exact) mass is 212 g/mol. The van der Waals surface area contributed by atoms with Crippen molar-refractivity contribution in [1.82, 2.24) is 0 Å². The number of hydrogen-bond donors (Lipinski definition) is 3. The maximum atomic E-state index is 10.3. The van der Waals surface area contributed by atoms with Crippen LogP contribution in [0.3, 0.4) is 0 Å². The van der Waals surface area contributed by atoms with Crippen LogP contribution in [0, 0.1) is 0 Å². The Balaban J connectivity index is 0.000000423. The highest BCUT2D eigenvalue weighted by molar-refractivity contribution is 5.90. The molecule has 15 heavy (non-hydrogen) atoms. The molecule has 1 rings (SSSR count). The van der Waals surface area contributed by atoms with E-state index in [1.807, 2.05) is 0 Å². The van der Waals surface area contributed by atoms with Crippen molar-refractivity contribution in [2.45, 2.75) is 26.7 Å². The number of aromatic carboxylic acids is 1. The van der Waals surface area contributed by atoms with Gasteiger partial charge in [-0.15, -0.1) is 0 Å². The van der Waals surface area contributed by atoms with E-state index in [0.29, 0.717) is 0 Å². The van der Waals surface area contributed by atoms with Crippen molar-refractivity contribution >= 4 is 5.97 Å². The Morgan fingerprint density at radius 2 is 1.73 bits per heavy atom. The second-order valence-electron chi connectivity index (χ2n) is 3.01. The molecule has 0 saturated heterocycles. The van der Waals surface area contributed by atoms with Crippen LogP contribution in [0.5, 0.6) is 11.5 Å². The zero-order chi connectivity index (χ0) is 11.8. The van der Waals surface area contributed by atoms with E-state index in [2.05, 4.69) is 13.8 Å². The van der Waals surface area contributed by atoms with Crippen molar-refractivity contribution < 1.29 is 20.1 Å². The Hall–Kier alpha value is -1.71. The predicted molar refractivity (Wildman–Crippen MR) is 57.3 cm³/mol. The third-order valence-electron chi connectivity index (χ3n) is 1.71. The van der Waals surface area contributed by atoms with Gasteiger partial charge in [-0.2, -0.15) is 0 Å². The van der Waals surface area contributed by atoms with Crippen molar-refractivity contribution in [3.63, 3.8) is 0 Å². The van der Waals surface area contributed by atoms with Gasteiger partial charge in [-0.1, -0.05) is 26.7 Å². The molecule has 84 valence electrons. The molecule has 0 spiro atoms. The number of carboxylic acids is 1. The van der Waals surface area contributed by atoms with Gasteiger partial charge < -0.3 is 15.3 Å². The highest BCUT2D eigenvalue weighted by Gasteiger charge is 2.08. The first kappa shape index (κ1) is 13.3. The molecule has 0 saturated carbocycles. The Morgan fingerprint density at radius 3 is 2.07 bits per heavy atom. The van der Waals surface area contributed by atoms with E-state index in [0.717, 1.165) is 12.1 Å². The highest BCUT2D eigenvalue weighted by Crippen LogP contribution is 2.21. The fraction of sp³-hybridized carbons (Fsp3) is 0.364. The Kier molecular flexibility index (Phi) is 5.94. The van der Waals surface area contributed by atoms with E-state index in [1.54, 1.807) is 0 Å². The topological polar surface area (TPSA) is 77.8 Å². The zero-order valence-electron chi connectivity index (χ0n) is 8.90. The lowest BCUT2D eigenvalue weighted by Gasteiger charge is -1.97. The smallest absolute Gasteiger partial charge is 0.339 e. The van der Waals surface area contributed by atoms with Crippen LogP contribution in [-0.4, -0.2) is 21.3 Å². The molecule has 1 aromatic rings. The maximum absolute atomic E-state index is 10.3. The summed E-state index contributed by atoms with van der Waals surface area (Å²) < 4.78 is 0. The van der Waals surface area contributed by atoms with Crippen molar-refractivity contribution in [1.29, 1.82) is 0 Å². The van der Waals surface area contributed by atoms with Gasteiger partial charge in [0.2, 0.25) is 0 Å². The number of carboxylic acid groups (broad SMARTS) is 1. The highest BCUT2D eigenvalue weighted by atomic mass is 16.4. The fourth-order valence-corrected chi connectivity index (χ4v) is 0.701. The predicted octanol–water partition coefficient (Wildman–Crippen LogP) is 2.60. The van der Waals surface area contributed by atoms with Crippen LogP contribution in [0.1, 0.15) is 37.0 Å². The Morgan fingerprint density at radius 1 is 1.20 bits per heavy atom. The number of benzene rings is 1. The van der Waals surface area contributed by atoms with E-state index in [-0.39, 0.29) is 11.3 Å². The summed E-state index contributed by atoms with van der Waals surface area (Å²) in [5, 5.41) is 26.1.